The van der Waals surface area contributed by atoms with Crippen LogP contribution < -0.4 is 5.14 Å². The van der Waals surface area contributed by atoms with E-state index in [2.05, 4.69) is 0 Å². The van der Waals surface area contributed by atoms with Crippen molar-refractivity contribution < 1.29 is 8.95 Å². The third kappa shape index (κ3) is 2.25. The van der Waals surface area contributed by atoms with Gasteiger partial charge < -0.3 is 4.74 Å². The summed E-state index contributed by atoms with van der Waals surface area (Å²) < 4.78 is 16.2. The summed E-state index contributed by atoms with van der Waals surface area (Å²) in [6.07, 6.45) is 4.38. The van der Waals surface area contributed by atoms with Crippen LogP contribution in [-0.4, -0.2) is 22.7 Å². The van der Waals surface area contributed by atoms with Crippen LogP contribution in [0.1, 0.15) is 25.7 Å². The zero-order valence-electron chi connectivity index (χ0n) is 6.79. The highest BCUT2D eigenvalue weighted by Crippen LogP contribution is 2.23. The van der Waals surface area contributed by atoms with Gasteiger partial charge in [0.05, 0.1) is 22.3 Å². The Morgan fingerprint density at radius 3 is 2.55 bits per heavy atom. The Labute approximate surface area is 69.9 Å². The van der Waals surface area contributed by atoms with E-state index in [-0.39, 0.29) is 11.4 Å². The average Bonchev–Trinajstić information content (AvgIpc) is 2.04. The Kier molecular flexibility index (Phi) is 3.48. The summed E-state index contributed by atoms with van der Waals surface area (Å²) in [7, 11) is 0.456. The first-order valence-electron chi connectivity index (χ1n) is 3.93. The molecule has 1 unspecified atom stereocenters. The second-order valence-corrected chi connectivity index (χ2v) is 4.19. The third-order valence-corrected chi connectivity index (χ3v) is 3.38. The van der Waals surface area contributed by atoms with Crippen molar-refractivity contribution in [3.05, 3.63) is 0 Å². The van der Waals surface area contributed by atoms with E-state index in [1.165, 1.54) is 6.42 Å². The van der Waals surface area contributed by atoms with E-state index in [0.717, 1.165) is 19.3 Å². The number of ether oxygens (including phenoxy) is 1. The van der Waals surface area contributed by atoms with Gasteiger partial charge in [0.15, 0.2) is 0 Å². The molecule has 1 aliphatic carbocycles. The second-order valence-electron chi connectivity index (χ2n) is 2.93. The molecule has 3 atom stereocenters. The van der Waals surface area contributed by atoms with Crippen molar-refractivity contribution in [1.82, 2.24) is 0 Å². The van der Waals surface area contributed by atoms with Gasteiger partial charge in [-0.2, -0.15) is 0 Å². The average molecular weight is 177 g/mol. The largest absolute Gasteiger partial charge is 0.380 e. The van der Waals surface area contributed by atoms with Gasteiger partial charge in [-0.15, -0.1) is 0 Å². The highest BCUT2D eigenvalue weighted by molar-refractivity contribution is 7.83. The molecule has 4 heteroatoms. The van der Waals surface area contributed by atoms with Crippen molar-refractivity contribution in [2.24, 2.45) is 5.14 Å². The molecule has 0 spiro atoms. The lowest BCUT2D eigenvalue weighted by Crippen LogP contribution is -2.37. The van der Waals surface area contributed by atoms with Crippen LogP contribution in [0.3, 0.4) is 0 Å². The van der Waals surface area contributed by atoms with Crippen LogP contribution in [0.25, 0.3) is 0 Å². The number of hydrogen-bond donors (Lipinski definition) is 1. The van der Waals surface area contributed by atoms with E-state index in [9.17, 15) is 4.21 Å². The quantitative estimate of drug-likeness (QED) is 0.670. The fraction of sp³-hybridized carbons (Fsp3) is 1.00. The number of hydrogen-bond acceptors (Lipinski definition) is 2. The van der Waals surface area contributed by atoms with Gasteiger partial charge in [-0.25, -0.2) is 4.21 Å². The van der Waals surface area contributed by atoms with E-state index in [0.29, 0.717) is 0 Å². The SMILES string of the molecule is CO[C@H]1CCCC[C@H]1S(N)=O. The first-order chi connectivity index (χ1) is 5.25. The van der Waals surface area contributed by atoms with Crippen molar-refractivity contribution in [2.45, 2.75) is 37.0 Å². The van der Waals surface area contributed by atoms with E-state index in [1.807, 2.05) is 0 Å². The van der Waals surface area contributed by atoms with Crippen LogP contribution in [-0.2, 0) is 15.7 Å². The maximum absolute atomic E-state index is 11.0. The predicted molar refractivity (Wildman–Crippen MR) is 45.4 cm³/mol. The van der Waals surface area contributed by atoms with Crippen molar-refractivity contribution in [3.63, 3.8) is 0 Å². The molecule has 66 valence electrons. The predicted octanol–water partition coefficient (Wildman–Crippen LogP) is 0.566. The van der Waals surface area contributed by atoms with E-state index < -0.39 is 11.0 Å². The minimum absolute atomic E-state index is 0.0637. The molecule has 1 aliphatic rings. The molecule has 0 aromatic carbocycles. The summed E-state index contributed by atoms with van der Waals surface area (Å²) in [6.45, 7) is 0. The zero-order valence-corrected chi connectivity index (χ0v) is 7.60. The minimum Gasteiger partial charge on any atom is -0.380 e. The van der Waals surface area contributed by atoms with Crippen LogP contribution >= 0.6 is 0 Å². The van der Waals surface area contributed by atoms with Crippen molar-refractivity contribution in [2.75, 3.05) is 7.11 Å². The number of rotatable bonds is 2. The summed E-state index contributed by atoms with van der Waals surface area (Å²) in [4.78, 5) is 0. The lowest BCUT2D eigenvalue weighted by Gasteiger charge is -2.27. The molecular formula is C7H15NO2S. The minimum atomic E-state index is -1.21. The smallest absolute Gasteiger partial charge is 0.0946 e. The van der Waals surface area contributed by atoms with Gasteiger partial charge in [0, 0.05) is 7.11 Å². The fourth-order valence-electron chi connectivity index (χ4n) is 1.60. The Morgan fingerprint density at radius 1 is 1.45 bits per heavy atom. The molecular weight excluding hydrogens is 162 g/mol. The Balaban J connectivity index is 2.51. The third-order valence-electron chi connectivity index (χ3n) is 2.24. The van der Waals surface area contributed by atoms with Crippen LogP contribution in [0.2, 0.25) is 0 Å². The molecule has 0 aromatic heterocycles. The molecule has 0 aliphatic heterocycles. The molecule has 0 aromatic rings. The van der Waals surface area contributed by atoms with Crippen molar-refractivity contribution >= 4 is 11.0 Å². The summed E-state index contributed by atoms with van der Waals surface area (Å²) in [5.74, 6) is 0. The zero-order chi connectivity index (χ0) is 8.27. The van der Waals surface area contributed by atoms with E-state index >= 15 is 0 Å². The van der Waals surface area contributed by atoms with Gasteiger partial charge >= 0.3 is 0 Å². The summed E-state index contributed by atoms with van der Waals surface area (Å²) in [6, 6.07) is 0. The fourth-order valence-corrected chi connectivity index (χ4v) is 2.54. The van der Waals surface area contributed by atoms with Gasteiger partial charge in [0.2, 0.25) is 0 Å². The molecule has 1 saturated carbocycles. The Bertz CT molecular complexity index is 151. The lowest BCUT2D eigenvalue weighted by molar-refractivity contribution is 0.0751. The molecule has 2 N–H and O–H groups in total. The topological polar surface area (TPSA) is 52.3 Å². The molecule has 0 saturated heterocycles. The first-order valence-corrected chi connectivity index (χ1v) is 5.21. The molecule has 3 nitrogen and oxygen atoms in total. The summed E-state index contributed by atoms with van der Waals surface area (Å²) in [5, 5.41) is 5.39. The van der Waals surface area contributed by atoms with E-state index in [4.69, 9.17) is 9.88 Å². The van der Waals surface area contributed by atoms with Gasteiger partial charge in [-0.3, -0.25) is 5.14 Å². The van der Waals surface area contributed by atoms with Gasteiger partial charge in [0.1, 0.15) is 0 Å². The van der Waals surface area contributed by atoms with Crippen LogP contribution in [0.5, 0.6) is 0 Å². The van der Waals surface area contributed by atoms with Crippen molar-refractivity contribution in [3.8, 4) is 0 Å². The molecule has 11 heavy (non-hydrogen) atoms. The Hall–Kier alpha value is 0.0700. The molecule has 1 rings (SSSR count). The Morgan fingerprint density at radius 2 is 2.09 bits per heavy atom. The second kappa shape index (κ2) is 4.18. The summed E-state index contributed by atoms with van der Waals surface area (Å²) in [5.41, 5.74) is 0. The molecule has 0 heterocycles. The van der Waals surface area contributed by atoms with Crippen LogP contribution in [0, 0.1) is 0 Å². The highest BCUT2D eigenvalue weighted by atomic mass is 32.2. The van der Waals surface area contributed by atoms with Gasteiger partial charge in [-0.05, 0) is 12.8 Å². The van der Waals surface area contributed by atoms with E-state index in [1.54, 1.807) is 7.11 Å². The van der Waals surface area contributed by atoms with Crippen LogP contribution in [0.15, 0.2) is 0 Å². The normalized spacial score (nSPS) is 35.1. The van der Waals surface area contributed by atoms with Crippen molar-refractivity contribution in [1.29, 1.82) is 0 Å². The first kappa shape index (κ1) is 9.16. The van der Waals surface area contributed by atoms with Crippen LogP contribution in [0.4, 0.5) is 0 Å². The molecule has 0 amide bonds. The molecule has 0 radical (unpaired) electrons. The monoisotopic (exact) mass is 177 g/mol. The maximum atomic E-state index is 11.0. The number of nitrogens with two attached hydrogens (primary N) is 1. The number of methoxy groups -OCH3 is 1. The summed E-state index contributed by atoms with van der Waals surface area (Å²) >= 11 is 0. The lowest BCUT2D eigenvalue weighted by atomic mass is 9.97. The highest BCUT2D eigenvalue weighted by Gasteiger charge is 2.28. The molecule has 0 bridgehead atoms. The van der Waals surface area contributed by atoms with Gasteiger partial charge in [0.25, 0.3) is 0 Å². The standard InChI is InChI=1S/C7H15NO2S/c1-10-6-4-2-3-5-7(6)11(8)9/h6-7H,2-5,8H2,1H3/t6-,7+,11?/m0/s1. The van der Waals surface area contributed by atoms with Gasteiger partial charge in [-0.1, -0.05) is 12.8 Å². The maximum Gasteiger partial charge on any atom is 0.0946 e. The molecule has 1 fully saturated rings.